The number of aliphatic hydroxyl groups is 1. The molecule has 7 heteroatoms. The normalized spacial score (nSPS) is 42.8. The topological polar surface area (TPSA) is 89.9 Å². The highest BCUT2D eigenvalue weighted by atomic mass is 28.4. The summed E-state index contributed by atoms with van der Waals surface area (Å²) in [5.74, 6) is 0.0187. The van der Waals surface area contributed by atoms with Gasteiger partial charge in [-0.2, -0.15) is 0 Å². The van der Waals surface area contributed by atoms with Crippen LogP contribution in [0.15, 0.2) is 0 Å². The highest BCUT2D eigenvalue weighted by Gasteiger charge is 2.69. The number of rotatable bonds is 5. The third kappa shape index (κ3) is 4.25. The molecule has 4 saturated carbocycles. The fraction of sp³-hybridized carbons (Fsp3) is 0.897. The number of esters is 1. The van der Waals surface area contributed by atoms with Gasteiger partial charge in [-0.15, -0.1) is 0 Å². The largest absolute Gasteiger partial charge is 0.458 e. The van der Waals surface area contributed by atoms with Crippen molar-refractivity contribution in [2.75, 3.05) is 6.61 Å². The molecule has 36 heavy (non-hydrogen) atoms. The molecule has 0 bridgehead atoms. The number of carbonyl (C=O) groups excluding carboxylic acids is 3. The van der Waals surface area contributed by atoms with Gasteiger partial charge in [-0.1, -0.05) is 34.6 Å². The van der Waals surface area contributed by atoms with Crippen molar-refractivity contribution in [3.05, 3.63) is 0 Å². The quantitative estimate of drug-likeness (QED) is 0.382. The molecule has 0 aromatic carbocycles. The molecule has 8 atom stereocenters. The van der Waals surface area contributed by atoms with Gasteiger partial charge in [0.1, 0.15) is 11.4 Å². The average molecular weight is 521 g/mol. The lowest BCUT2D eigenvalue weighted by molar-refractivity contribution is -0.181. The van der Waals surface area contributed by atoms with Crippen LogP contribution < -0.4 is 0 Å². The van der Waals surface area contributed by atoms with E-state index >= 15 is 0 Å². The molecule has 0 amide bonds. The van der Waals surface area contributed by atoms with Crippen LogP contribution in [0.2, 0.25) is 18.1 Å². The number of ketones is 2. The highest BCUT2D eigenvalue weighted by molar-refractivity contribution is 6.74. The molecule has 0 saturated heterocycles. The van der Waals surface area contributed by atoms with Crippen LogP contribution in [0, 0.1) is 34.5 Å². The van der Waals surface area contributed by atoms with E-state index in [4.69, 9.17) is 9.16 Å². The van der Waals surface area contributed by atoms with E-state index in [0.717, 1.165) is 38.5 Å². The van der Waals surface area contributed by atoms with Gasteiger partial charge in [0.05, 0.1) is 0 Å². The van der Waals surface area contributed by atoms with Crippen molar-refractivity contribution >= 4 is 25.9 Å². The minimum absolute atomic E-state index is 0.00549. The summed E-state index contributed by atoms with van der Waals surface area (Å²) >= 11 is 0. The lowest BCUT2D eigenvalue weighted by Gasteiger charge is -2.60. The van der Waals surface area contributed by atoms with Crippen LogP contribution >= 0.6 is 0 Å². The minimum Gasteiger partial charge on any atom is -0.458 e. The van der Waals surface area contributed by atoms with Crippen LogP contribution in [0.5, 0.6) is 0 Å². The summed E-state index contributed by atoms with van der Waals surface area (Å²) in [4.78, 5) is 38.3. The Bertz CT molecular complexity index is 923. The molecule has 4 fully saturated rings. The van der Waals surface area contributed by atoms with Crippen LogP contribution in [0.3, 0.4) is 0 Å². The first-order valence-corrected chi connectivity index (χ1v) is 17.0. The van der Waals surface area contributed by atoms with Gasteiger partial charge in [0.15, 0.2) is 14.9 Å². The van der Waals surface area contributed by atoms with Crippen LogP contribution in [0.1, 0.15) is 92.9 Å². The fourth-order valence-electron chi connectivity index (χ4n) is 8.48. The molecule has 4 aliphatic rings. The Morgan fingerprint density at radius 1 is 1.08 bits per heavy atom. The van der Waals surface area contributed by atoms with Gasteiger partial charge in [0.25, 0.3) is 0 Å². The molecule has 0 heterocycles. The van der Waals surface area contributed by atoms with Gasteiger partial charge in [-0.25, -0.2) is 0 Å². The molecule has 0 radical (unpaired) electrons. The number of Topliss-reactive ketones (excluding diaryl/α,β-unsaturated/α-hetero) is 2. The molecule has 204 valence electrons. The lowest BCUT2D eigenvalue weighted by Crippen LogP contribution is -2.62. The maximum Gasteiger partial charge on any atom is 0.303 e. The third-order valence-corrected chi connectivity index (χ3v) is 16.1. The van der Waals surface area contributed by atoms with E-state index in [-0.39, 0.29) is 46.5 Å². The second-order valence-corrected chi connectivity index (χ2v) is 19.2. The Hall–Kier alpha value is -1.05. The van der Waals surface area contributed by atoms with Crippen LogP contribution in [-0.2, 0) is 23.5 Å². The van der Waals surface area contributed by atoms with Crippen LogP contribution in [-0.4, -0.2) is 49.3 Å². The number of hydrogen-bond acceptors (Lipinski definition) is 6. The van der Waals surface area contributed by atoms with E-state index in [1.807, 2.05) is 6.92 Å². The molecule has 1 N–H and O–H groups in total. The third-order valence-electron chi connectivity index (χ3n) is 11.6. The van der Waals surface area contributed by atoms with E-state index in [9.17, 15) is 19.5 Å². The molecule has 6 nitrogen and oxygen atoms in total. The molecule has 0 aliphatic heterocycles. The number of hydrogen-bond donors (Lipinski definition) is 1. The van der Waals surface area contributed by atoms with Crippen molar-refractivity contribution in [2.45, 2.75) is 123 Å². The van der Waals surface area contributed by atoms with Crippen molar-refractivity contribution in [2.24, 2.45) is 34.5 Å². The lowest BCUT2D eigenvalue weighted by atomic mass is 9.44. The van der Waals surface area contributed by atoms with Crippen molar-refractivity contribution in [3.8, 4) is 0 Å². The summed E-state index contributed by atoms with van der Waals surface area (Å²) in [6, 6.07) is 0. The summed E-state index contributed by atoms with van der Waals surface area (Å²) in [6.07, 6.45) is 6.68. The monoisotopic (exact) mass is 520 g/mol. The summed E-state index contributed by atoms with van der Waals surface area (Å²) in [6.45, 7) is 16.6. The molecule has 4 aliphatic carbocycles. The molecule has 0 aromatic heterocycles. The van der Waals surface area contributed by atoms with Gasteiger partial charge in [0, 0.05) is 30.8 Å². The molecule has 4 rings (SSSR count). The molecule has 0 spiro atoms. The summed E-state index contributed by atoms with van der Waals surface area (Å²) < 4.78 is 11.8. The second-order valence-electron chi connectivity index (χ2n) is 14.5. The van der Waals surface area contributed by atoms with E-state index < -0.39 is 37.7 Å². The zero-order valence-corrected chi connectivity index (χ0v) is 24.7. The van der Waals surface area contributed by atoms with Crippen molar-refractivity contribution in [1.29, 1.82) is 0 Å². The smallest absolute Gasteiger partial charge is 0.303 e. The standard InChI is InChI=1S/C29H48O6Si/c1-18(30)34-17-24(32)29(33)14-12-22-21-10-9-19-15-20(35-36(7,8)26(2,3)4)11-13-27(19,5)25(21)23(31)16-28(22,29)6/h19-22,25,33H,9-17H2,1-8H3/t19-,20+,21+,22+,25-,27+,28+,29+/m1/s1. The van der Waals surface area contributed by atoms with Gasteiger partial charge in [0.2, 0.25) is 5.78 Å². The molecule has 0 unspecified atom stereocenters. The zero-order chi connectivity index (χ0) is 26.9. The summed E-state index contributed by atoms with van der Waals surface area (Å²) in [7, 11) is -1.85. The van der Waals surface area contributed by atoms with Crippen LogP contribution in [0.25, 0.3) is 0 Å². The van der Waals surface area contributed by atoms with Gasteiger partial charge in [-0.3, -0.25) is 14.4 Å². The Morgan fingerprint density at radius 2 is 1.75 bits per heavy atom. The summed E-state index contributed by atoms with van der Waals surface area (Å²) in [5.41, 5.74) is -2.45. The van der Waals surface area contributed by atoms with Gasteiger partial charge >= 0.3 is 5.97 Å². The van der Waals surface area contributed by atoms with Gasteiger partial charge in [-0.05, 0) is 86.2 Å². The maximum atomic E-state index is 13.9. The van der Waals surface area contributed by atoms with E-state index in [1.54, 1.807) is 0 Å². The van der Waals surface area contributed by atoms with Crippen molar-refractivity contribution in [3.63, 3.8) is 0 Å². The second kappa shape index (κ2) is 9.01. The number of ether oxygens (including phenoxy) is 1. The molecular weight excluding hydrogens is 472 g/mol. The Balaban J connectivity index is 1.53. The average Bonchev–Trinajstić information content (AvgIpc) is 3.02. The van der Waals surface area contributed by atoms with E-state index in [2.05, 4.69) is 40.8 Å². The first-order chi connectivity index (χ1) is 16.5. The van der Waals surface area contributed by atoms with E-state index in [1.165, 1.54) is 6.92 Å². The Morgan fingerprint density at radius 3 is 2.36 bits per heavy atom. The molecule has 0 aromatic rings. The predicted octanol–water partition coefficient (Wildman–Crippen LogP) is 5.46. The minimum atomic E-state index is -1.85. The van der Waals surface area contributed by atoms with Crippen LogP contribution in [0.4, 0.5) is 0 Å². The Labute approximate surface area is 218 Å². The van der Waals surface area contributed by atoms with Crippen molar-refractivity contribution in [1.82, 2.24) is 0 Å². The van der Waals surface area contributed by atoms with Crippen molar-refractivity contribution < 1.29 is 28.7 Å². The maximum absolute atomic E-state index is 13.9. The first kappa shape index (κ1) is 28.0. The zero-order valence-electron chi connectivity index (χ0n) is 23.7. The first-order valence-electron chi connectivity index (χ1n) is 14.1. The SMILES string of the molecule is CC(=O)OCC(=O)[C@@]1(O)CC[C@H]2[C@@H]3CC[C@@H]4C[C@@H](O[Si](C)(C)C(C)(C)C)CC[C@]4(C)[C@H]3C(=O)C[C@@]21C. The van der Waals surface area contributed by atoms with Gasteiger partial charge < -0.3 is 14.3 Å². The molecular formula is C29H48O6Si. The number of carbonyl (C=O) groups is 3. The number of fused-ring (bicyclic) bond motifs is 5. The Kier molecular flexibility index (Phi) is 7.00. The predicted molar refractivity (Wildman–Crippen MR) is 141 cm³/mol. The fourth-order valence-corrected chi connectivity index (χ4v) is 9.88. The summed E-state index contributed by atoms with van der Waals surface area (Å²) in [5, 5.41) is 11.8. The van der Waals surface area contributed by atoms with E-state index in [0.29, 0.717) is 12.3 Å². The highest BCUT2D eigenvalue weighted by Crippen LogP contribution is 2.67.